The van der Waals surface area contributed by atoms with Crippen LogP contribution in [0.25, 0.3) is 112 Å². The summed E-state index contributed by atoms with van der Waals surface area (Å²) in [6.07, 6.45) is 15.8. The quantitative estimate of drug-likeness (QED) is 0.160. The highest BCUT2D eigenvalue weighted by atomic mass is 15.0. The van der Waals surface area contributed by atoms with Gasteiger partial charge in [-0.2, -0.15) is 0 Å². The molecule has 2 aliphatic rings. The summed E-state index contributed by atoms with van der Waals surface area (Å²) >= 11 is 0. The predicted octanol–water partition coefficient (Wildman–Crippen LogP) is 16.0. The zero-order chi connectivity index (χ0) is 43.6. The smallest absolute Gasteiger partial charge is 0.160 e. The lowest BCUT2D eigenvalue weighted by molar-refractivity contribution is 0.986. The molecule has 0 bridgehead atoms. The molecule has 0 saturated carbocycles. The van der Waals surface area contributed by atoms with Gasteiger partial charge in [0.1, 0.15) is 0 Å². The molecule has 0 unspecified atom stereocenters. The first-order chi connectivity index (χ1) is 32.7. The SMILES string of the molecule is C1=CC(c2ccc(-n3c4ccc(-c5nc(-c6ccc(-c7cccc8c7C=CCC8)cc6)c6ccccc6n5)cc4c4cc5c(cc(-c6ccccc6)n5-c5ccccc5)cc43)cc2)=CCC1. The van der Waals surface area contributed by atoms with Gasteiger partial charge in [-0.3, -0.25) is 0 Å². The average Bonchev–Trinajstić information content (AvgIpc) is 3.93. The Bertz CT molecular complexity index is 3770. The van der Waals surface area contributed by atoms with Gasteiger partial charge in [-0.25, -0.2) is 9.97 Å². The van der Waals surface area contributed by atoms with E-state index in [0.29, 0.717) is 5.82 Å². The van der Waals surface area contributed by atoms with Crippen molar-refractivity contribution in [2.75, 3.05) is 0 Å². The predicted molar refractivity (Wildman–Crippen MR) is 276 cm³/mol. The van der Waals surface area contributed by atoms with Gasteiger partial charge >= 0.3 is 0 Å². The number of benzene rings is 8. The van der Waals surface area contributed by atoms with E-state index in [1.807, 2.05) is 0 Å². The third-order valence-electron chi connectivity index (χ3n) is 13.6. The monoisotopic (exact) mass is 844 g/mol. The lowest BCUT2D eigenvalue weighted by Crippen LogP contribution is -1.97. The molecule has 0 fully saturated rings. The molecule has 0 spiro atoms. The number of hydrogen-bond acceptors (Lipinski definition) is 2. The van der Waals surface area contributed by atoms with Gasteiger partial charge in [-0.1, -0.05) is 152 Å². The Morgan fingerprint density at radius 1 is 0.424 bits per heavy atom. The lowest BCUT2D eigenvalue weighted by Gasteiger charge is -2.15. The number of fused-ring (bicyclic) bond motifs is 6. The van der Waals surface area contributed by atoms with E-state index in [9.17, 15) is 0 Å². The van der Waals surface area contributed by atoms with Gasteiger partial charge in [0.15, 0.2) is 5.82 Å². The molecule has 4 nitrogen and oxygen atoms in total. The molecular formula is C62H44N4. The maximum Gasteiger partial charge on any atom is 0.160 e. The Balaban J connectivity index is 1.00. The van der Waals surface area contributed by atoms with Gasteiger partial charge in [-0.15, -0.1) is 0 Å². The Labute approximate surface area is 383 Å². The molecule has 312 valence electrons. The van der Waals surface area contributed by atoms with E-state index in [2.05, 4.69) is 228 Å². The molecule has 8 aromatic carbocycles. The summed E-state index contributed by atoms with van der Waals surface area (Å²) in [6, 6.07) is 68.4. The molecule has 4 heteroatoms. The van der Waals surface area contributed by atoms with Gasteiger partial charge < -0.3 is 9.13 Å². The zero-order valence-electron chi connectivity index (χ0n) is 36.4. The molecule has 0 amide bonds. The minimum Gasteiger partial charge on any atom is -0.309 e. The second kappa shape index (κ2) is 15.7. The molecule has 0 saturated heterocycles. The minimum atomic E-state index is 0.705. The summed E-state index contributed by atoms with van der Waals surface area (Å²) < 4.78 is 4.84. The third kappa shape index (κ3) is 6.44. The van der Waals surface area contributed by atoms with Crippen molar-refractivity contribution in [3.05, 3.63) is 229 Å². The van der Waals surface area contributed by atoms with Crippen LogP contribution in [-0.2, 0) is 6.42 Å². The Kier molecular flexibility index (Phi) is 9.09. The van der Waals surface area contributed by atoms with E-state index in [4.69, 9.17) is 9.97 Å². The lowest BCUT2D eigenvalue weighted by atomic mass is 9.89. The van der Waals surface area contributed by atoms with Crippen LogP contribution < -0.4 is 0 Å². The topological polar surface area (TPSA) is 35.6 Å². The van der Waals surface area contributed by atoms with Crippen molar-refractivity contribution in [3.63, 3.8) is 0 Å². The number of aryl methyl sites for hydroxylation is 1. The average molecular weight is 845 g/mol. The van der Waals surface area contributed by atoms with Crippen LogP contribution in [0.15, 0.2) is 212 Å². The summed E-state index contributed by atoms with van der Waals surface area (Å²) in [5.74, 6) is 0.705. The largest absolute Gasteiger partial charge is 0.309 e. The molecule has 13 rings (SSSR count). The summed E-state index contributed by atoms with van der Waals surface area (Å²) in [5, 5.41) is 4.54. The van der Waals surface area contributed by atoms with Crippen LogP contribution in [0.1, 0.15) is 36.0 Å². The van der Waals surface area contributed by atoms with Crippen molar-refractivity contribution in [1.82, 2.24) is 19.1 Å². The van der Waals surface area contributed by atoms with E-state index in [0.717, 1.165) is 92.4 Å². The molecular weight excluding hydrogens is 801 g/mol. The van der Waals surface area contributed by atoms with E-state index < -0.39 is 0 Å². The van der Waals surface area contributed by atoms with E-state index in [1.165, 1.54) is 49.7 Å². The van der Waals surface area contributed by atoms with Gasteiger partial charge in [0, 0.05) is 44.0 Å². The molecule has 11 aromatic rings. The maximum absolute atomic E-state index is 5.42. The number of para-hydroxylation sites is 2. The molecule has 2 aliphatic carbocycles. The molecule has 0 N–H and O–H groups in total. The third-order valence-corrected chi connectivity index (χ3v) is 13.6. The van der Waals surface area contributed by atoms with E-state index in [1.54, 1.807) is 0 Å². The second-order valence-electron chi connectivity index (χ2n) is 17.6. The highest BCUT2D eigenvalue weighted by molar-refractivity contribution is 6.15. The van der Waals surface area contributed by atoms with Crippen molar-refractivity contribution in [2.45, 2.75) is 25.7 Å². The van der Waals surface area contributed by atoms with Crippen LogP contribution in [0.3, 0.4) is 0 Å². The van der Waals surface area contributed by atoms with E-state index in [-0.39, 0.29) is 0 Å². The maximum atomic E-state index is 5.42. The van der Waals surface area contributed by atoms with Crippen LogP contribution in [0.4, 0.5) is 0 Å². The fourth-order valence-electron chi connectivity index (χ4n) is 10.4. The number of allylic oxidation sites excluding steroid dienone is 5. The summed E-state index contributed by atoms with van der Waals surface area (Å²) in [6.45, 7) is 0. The zero-order valence-corrected chi connectivity index (χ0v) is 36.4. The molecule has 0 atom stereocenters. The Morgan fingerprint density at radius 2 is 1.15 bits per heavy atom. The molecule has 3 aromatic heterocycles. The van der Waals surface area contributed by atoms with Gasteiger partial charge in [-0.05, 0) is 131 Å². The fraction of sp³-hybridized carbons (Fsp3) is 0.0645. The first-order valence-corrected chi connectivity index (χ1v) is 23.1. The first kappa shape index (κ1) is 38.1. The van der Waals surface area contributed by atoms with Gasteiger partial charge in [0.25, 0.3) is 0 Å². The summed E-state index contributed by atoms with van der Waals surface area (Å²) in [7, 11) is 0. The van der Waals surface area contributed by atoms with Crippen LogP contribution in [0.5, 0.6) is 0 Å². The number of hydrogen-bond donors (Lipinski definition) is 0. The van der Waals surface area contributed by atoms with Crippen molar-refractivity contribution in [1.29, 1.82) is 0 Å². The molecule has 66 heavy (non-hydrogen) atoms. The van der Waals surface area contributed by atoms with Crippen molar-refractivity contribution in [3.8, 4) is 56.4 Å². The van der Waals surface area contributed by atoms with Crippen molar-refractivity contribution in [2.24, 2.45) is 0 Å². The molecule has 0 radical (unpaired) electrons. The van der Waals surface area contributed by atoms with Crippen LogP contribution >= 0.6 is 0 Å². The summed E-state index contributed by atoms with van der Waals surface area (Å²) in [4.78, 5) is 10.7. The van der Waals surface area contributed by atoms with Crippen LogP contribution in [0.2, 0.25) is 0 Å². The number of aromatic nitrogens is 4. The highest BCUT2D eigenvalue weighted by Crippen LogP contribution is 2.41. The molecule has 3 heterocycles. The number of nitrogens with zero attached hydrogens (tertiary/aromatic N) is 4. The Hall–Kier alpha value is -8.34. The van der Waals surface area contributed by atoms with Crippen molar-refractivity contribution >= 4 is 55.3 Å². The van der Waals surface area contributed by atoms with Gasteiger partial charge in [0.05, 0.1) is 33.5 Å². The van der Waals surface area contributed by atoms with Gasteiger partial charge in [0.2, 0.25) is 0 Å². The normalized spacial score (nSPS) is 13.5. The molecule has 0 aliphatic heterocycles. The highest BCUT2D eigenvalue weighted by Gasteiger charge is 2.21. The second-order valence-corrected chi connectivity index (χ2v) is 17.6. The van der Waals surface area contributed by atoms with E-state index >= 15 is 0 Å². The first-order valence-electron chi connectivity index (χ1n) is 23.1. The van der Waals surface area contributed by atoms with Crippen LogP contribution in [-0.4, -0.2) is 19.1 Å². The fourth-order valence-corrected chi connectivity index (χ4v) is 10.4. The van der Waals surface area contributed by atoms with Crippen molar-refractivity contribution < 1.29 is 0 Å². The minimum absolute atomic E-state index is 0.705. The Morgan fingerprint density at radius 3 is 1.98 bits per heavy atom. The summed E-state index contributed by atoms with van der Waals surface area (Å²) in [5.41, 5.74) is 19.7. The standard InChI is InChI=1S/C62H44N4/c1-4-15-41(16-5-1)42-31-34-50(35-32-42)65-57-36-33-47(37-54(57)55-40-59-48(39-60(55)65)38-58(45-18-6-2-7-19-45)66(59)49-21-8-3-9-22-49)62-63-56-26-13-12-24-53(56)61(64-62)46-29-27-44(28-30-46)52-25-14-20-43-17-10-11-23-51(43)52/h2-4,6-9,11-16,18-40H,1,5,10,17H2. The van der Waals surface area contributed by atoms with Crippen LogP contribution in [0, 0.1) is 0 Å². The number of rotatable bonds is 7.